The fourth-order valence-corrected chi connectivity index (χ4v) is 3.36. The number of hydrogen-bond donors (Lipinski definition) is 2. The lowest BCUT2D eigenvalue weighted by Crippen LogP contribution is -2.47. The highest BCUT2D eigenvalue weighted by molar-refractivity contribution is 5.80. The fraction of sp³-hybridized carbons (Fsp3) is 0.824. The number of hydrogen-bond acceptors (Lipinski definition) is 2. The van der Waals surface area contributed by atoms with E-state index >= 15 is 0 Å². The molecule has 4 nitrogen and oxygen atoms in total. The molecule has 0 bridgehead atoms. The Balaban J connectivity index is 1.70. The van der Waals surface area contributed by atoms with Crippen LogP contribution < -0.4 is 10.6 Å². The maximum atomic E-state index is 4.36. The Labute approximate surface area is 130 Å². The van der Waals surface area contributed by atoms with E-state index in [2.05, 4.69) is 46.5 Å². The van der Waals surface area contributed by atoms with E-state index in [4.69, 9.17) is 0 Å². The summed E-state index contributed by atoms with van der Waals surface area (Å²) in [7, 11) is 1.86. The van der Waals surface area contributed by atoms with E-state index in [1.54, 1.807) is 0 Å². The maximum absolute atomic E-state index is 4.36. The average Bonchev–Trinajstić information content (AvgIpc) is 2.96. The van der Waals surface area contributed by atoms with Gasteiger partial charge in [-0.2, -0.15) is 0 Å². The van der Waals surface area contributed by atoms with Crippen molar-refractivity contribution in [2.24, 2.45) is 16.8 Å². The van der Waals surface area contributed by atoms with Gasteiger partial charge in [0.2, 0.25) is 0 Å². The first-order valence-electron chi connectivity index (χ1n) is 8.52. The van der Waals surface area contributed by atoms with E-state index in [1.807, 2.05) is 7.05 Å². The molecule has 0 amide bonds. The number of likely N-dealkylation sites (tertiary alicyclic amines) is 1. The van der Waals surface area contributed by atoms with Crippen molar-refractivity contribution in [3.63, 3.8) is 0 Å². The molecule has 1 saturated heterocycles. The third kappa shape index (κ3) is 5.70. The molecular formula is C17H32N4. The normalized spacial score (nSPS) is 24.8. The van der Waals surface area contributed by atoms with Crippen molar-refractivity contribution in [1.82, 2.24) is 15.5 Å². The minimum absolute atomic E-state index is 0.528. The molecule has 120 valence electrons. The molecule has 0 aromatic carbocycles. The standard InChI is InChI=1S/C17H32N4/c1-14(2)12-21-10-6-7-15(13-21)11-19-17(18-3)20-16-8-4-5-9-16/h4-5,14-16H,6-13H2,1-3H3,(H2,18,19,20). The van der Waals surface area contributed by atoms with Gasteiger partial charge >= 0.3 is 0 Å². The van der Waals surface area contributed by atoms with Crippen LogP contribution in [0.25, 0.3) is 0 Å². The Morgan fingerprint density at radius 3 is 2.76 bits per heavy atom. The van der Waals surface area contributed by atoms with Gasteiger partial charge in [0, 0.05) is 32.7 Å². The Hall–Kier alpha value is -1.03. The smallest absolute Gasteiger partial charge is 0.191 e. The molecule has 2 N–H and O–H groups in total. The highest BCUT2D eigenvalue weighted by atomic mass is 15.2. The third-order valence-electron chi connectivity index (χ3n) is 4.36. The lowest BCUT2D eigenvalue weighted by atomic mass is 9.97. The molecule has 4 heteroatoms. The van der Waals surface area contributed by atoms with Crippen LogP contribution in [-0.2, 0) is 0 Å². The van der Waals surface area contributed by atoms with Gasteiger partial charge in [0.1, 0.15) is 0 Å². The average molecular weight is 292 g/mol. The van der Waals surface area contributed by atoms with E-state index in [9.17, 15) is 0 Å². The lowest BCUT2D eigenvalue weighted by molar-refractivity contribution is 0.159. The highest BCUT2D eigenvalue weighted by Crippen LogP contribution is 2.17. The van der Waals surface area contributed by atoms with Crippen LogP contribution >= 0.6 is 0 Å². The number of guanidine groups is 1. The molecule has 0 radical (unpaired) electrons. The van der Waals surface area contributed by atoms with Crippen molar-refractivity contribution < 1.29 is 0 Å². The molecule has 2 aliphatic rings. The first-order valence-corrected chi connectivity index (χ1v) is 8.52. The molecule has 2 rings (SSSR count). The molecule has 1 unspecified atom stereocenters. The minimum atomic E-state index is 0.528. The van der Waals surface area contributed by atoms with Gasteiger partial charge in [0.05, 0.1) is 0 Å². The van der Waals surface area contributed by atoms with E-state index in [-0.39, 0.29) is 0 Å². The van der Waals surface area contributed by atoms with Gasteiger partial charge in [-0.05, 0) is 44.1 Å². The van der Waals surface area contributed by atoms with Crippen LogP contribution in [0.2, 0.25) is 0 Å². The number of nitrogens with zero attached hydrogens (tertiary/aromatic N) is 2. The Kier molecular flexibility index (Phi) is 6.55. The van der Waals surface area contributed by atoms with Gasteiger partial charge in [-0.15, -0.1) is 0 Å². The Morgan fingerprint density at radius 1 is 1.33 bits per heavy atom. The third-order valence-corrected chi connectivity index (χ3v) is 4.36. The second-order valence-corrected chi connectivity index (χ2v) is 6.90. The number of nitrogens with one attached hydrogen (secondary N) is 2. The topological polar surface area (TPSA) is 39.7 Å². The monoisotopic (exact) mass is 292 g/mol. The molecule has 21 heavy (non-hydrogen) atoms. The van der Waals surface area contributed by atoms with Crippen molar-refractivity contribution >= 4 is 5.96 Å². The Bertz CT molecular complexity index is 354. The van der Waals surface area contributed by atoms with Crippen LogP contribution in [-0.4, -0.2) is 50.1 Å². The summed E-state index contributed by atoms with van der Waals surface area (Å²) in [5, 5.41) is 7.04. The summed E-state index contributed by atoms with van der Waals surface area (Å²) in [4.78, 5) is 6.98. The summed E-state index contributed by atoms with van der Waals surface area (Å²) < 4.78 is 0. The molecule has 0 saturated carbocycles. The molecule has 1 fully saturated rings. The summed E-state index contributed by atoms with van der Waals surface area (Å²) >= 11 is 0. The number of piperidine rings is 1. The zero-order valence-corrected chi connectivity index (χ0v) is 13.9. The maximum Gasteiger partial charge on any atom is 0.191 e. The minimum Gasteiger partial charge on any atom is -0.356 e. The van der Waals surface area contributed by atoms with Crippen molar-refractivity contribution in [3.05, 3.63) is 12.2 Å². The van der Waals surface area contributed by atoms with Gasteiger partial charge in [-0.3, -0.25) is 4.99 Å². The zero-order valence-electron chi connectivity index (χ0n) is 13.9. The van der Waals surface area contributed by atoms with Crippen molar-refractivity contribution in [2.75, 3.05) is 33.2 Å². The first kappa shape index (κ1) is 16.3. The molecule has 1 atom stereocenters. The molecule has 0 spiro atoms. The first-order chi connectivity index (χ1) is 10.2. The van der Waals surface area contributed by atoms with E-state index in [0.717, 1.165) is 37.2 Å². The number of rotatable bonds is 5. The highest BCUT2D eigenvalue weighted by Gasteiger charge is 2.21. The van der Waals surface area contributed by atoms with Crippen molar-refractivity contribution in [2.45, 2.75) is 45.6 Å². The van der Waals surface area contributed by atoms with Gasteiger partial charge in [0.25, 0.3) is 0 Å². The summed E-state index contributed by atoms with van der Waals surface area (Å²) in [5.74, 6) is 2.48. The molecular weight excluding hydrogens is 260 g/mol. The summed E-state index contributed by atoms with van der Waals surface area (Å²) in [6.45, 7) is 9.39. The van der Waals surface area contributed by atoms with Crippen LogP contribution in [0.5, 0.6) is 0 Å². The molecule has 1 heterocycles. The van der Waals surface area contributed by atoms with E-state index < -0.39 is 0 Å². The van der Waals surface area contributed by atoms with Crippen LogP contribution in [0, 0.1) is 11.8 Å². The molecule has 1 aliphatic heterocycles. The summed E-state index contributed by atoms with van der Waals surface area (Å²) in [6.07, 6.45) is 9.39. The quantitative estimate of drug-likeness (QED) is 0.464. The van der Waals surface area contributed by atoms with Crippen molar-refractivity contribution in [1.29, 1.82) is 0 Å². The fourth-order valence-electron chi connectivity index (χ4n) is 3.36. The molecule has 1 aliphatic carbocycles. The SMILES string of the molecule is CN=C(NCC1CCCN(CC(C)C)C1)NC1CC=CC1. The van der Waals surface area contributed by atoms with Gasteiger partial charge < -0.3 is 15.5 Å². The van der Waals surface area contributed by atoms with Crippen LogP contribution in [0.1, 0.15) is 39.5 Å². The predicted octanol–water partition coefficient (Wildman–Crippen LogP) is 2.24. The van der Waals surface area contributed by atoms with Gasteiger partial charge in [-0.1, -0.05) is 26.0 Å². The van der Waals surface area contributed by atoms with Crippen molar-refractivity contribution in [3.8, 4) is 0 Å². The number of aliphatic imine (C=N–C) groups is 1. The van der Waals surface area contributed by atoms with Gasteiger partial charge in [-0.25, -0.2) is 0 Å². The molecule has 0 aromatic heterocycles. The molecule has 0 aromatic rings. The van der Waals surface area contributed by atoms with Crippen LogP contribution in [0.3, 0.4) is 0 Å². The van der Waals surface area contributed by atoms with Crippen LogP contribution in [0.15, 0.2) is 17.1 Å². The predicted molar refractivity (Wildman–Crippen MR) is 90.7 cm³/mol. The van der Waals surface area contributed by atoms with E-state index in [0.29, 0.717) is 6.04 Å². The van der Waals surface area contributed by atoms with Crippen LogP contribution in [0.4, 0.5) is 0 Å². The van der Waals surface area contributed by atoms with Gasteiger partial charge in [0.15, 0.2) is 5.96 Å². The zero-order chi connectivity index (χ0) is 15.1. The Morgan fingerprint density at radius 2 is 2.10 bits per heavy atom. The summed E-state index contributed by atoms with van der Waals surface area (Å²) in [5.41, 5.74) is 0. The lowest BCUT2D eigenvalue weighted by Gasteiger charge is -2.34. The van der Waals surface area contributed by atoms with E-state index in [1.165, 1.54) is 32.5 Å². The second kappa shape index (κ2) is 8.42. The largest absolute Gasteiger partial charge is 0.356 e. The summed E-state index contributed by atoms with van der Waals surface area (Å²) in [6, 6.07) is 0.528. The second-order valence-electron chi connectivity index (χ2n) is 6.90.